The molecule has 1 heteroatoms. The van der Waals surface area contributed by atoms with Gasteiger partial charge in [-0.15, -0.1) is 0 Å². The van der Waals surface area contributed by atoms with Gasteiger partial charge in [-0.1, -0.05) is 60.7 Å². The topological polar surface area (TPSA) is 12.9 Å². The van der Waals surface area contributed by atoms with E-state index in [0.717, 1.165) is 18.4 Å². The Hall–Kier alpha value is -2.93. The fourth-order valence-corrected chi connectivity index (χ4v) is 6.26. The van der Waals surface area contributed by atoms with Gasteiger partial charge >= 0.3 is 0 Å². The number of hydrogen-bond donors (Lipinski definition) is 0. The second-order valence-corrected chi connectivity index (χ2v) is 9.14. The van der Waals surface area contributed by atoms with E-state index in [4.69, 9.17) is 4.98 Å². The molecule has 0 N–H and O–H groups in total. The molecule has 30 heavy (non-hydrogen) atoms. The average molecular weight is 390 g/mol. The summed E-state index contributed by atoms with van der Waals surface area (Å²) in [5.41, 5.74) is 12.0. The maximum atomic E-state index is 4.92. The van der Waals surface area contributed by atoms with Gasteiger partial charge in [-0.25, -0.2) is 0 Å². The third-order valence-corrected chi connectivity index (χ3v) is 7.50. The summed E-state index contributed by atoms with van der Waals surface area (Å²) < 4.78 is 0. The summed E-state index contributed by atoms with van der Waals surface area (Å²) in [6.45, 7) is 2.31. The highest BCUT2D eigenvalue weighted by molar-refractivity contribution is 5.78. The predicted octanol–water partition coefficient (Wildman–Crippen LogP) is 6.51. The first-order chi connectivity index (χ1) is 14.7. The molecular weight excluding hydrogens is 362 g/mol. The van der Waals surface area contributed by atoms with Crippen molar-refractivity contribution in [1.82, 2.24) is 4.98 Å². The minimum absolute atomic E-state index is 0.240. The van der Waals surface area contributed by atoms with Gasteiger partial charge in [0.25, 0.3) is 0 Å². The Balaban J connectivity index is 1.38. The summed E-state index contributed by atoms with van der Waals surface area (Å²) in [5.74, 6) is 0. The molecule has 2 aliphatic rings. The molecule has 1 atom stereocenters. The molecule has 2 aliphatic carbocycles. The zero-order valence-electron chi connectivity index (χ0n) is 17.6. The Kier molecular flexibility index (Phi) is 4.06. The van der Waals surface area contributed by atoms with Crippen LogP contribution in [-0.4, -0.2) is 4.98 Å². The fourth-order valence-electron chi connectivity index (χ4n) is 6.26. The van der Waals surface area contributed by atoms with E-state index in [9.17, 15) is 0 Å². The first-order valence-corrected chi connectivity index (χ1v) is 11.3. The number of para-hydroxylation sites is 1. The molecule has 1 spiro atoms. The van der Waals surface area contributed by atoms with Crippen LogP contribution >= 0.6 is 0 Å². The van der Waals surface area contributed by atoms with E-state index >= 15 is 0 Å². The number of rotatable bonds is 3. The standard InChI is InChI=1S/C29H27N/c1-20-6-4-8-23-16-18-29(27(20)23)19-17-24-10-5-9-22(28(24)29)13-15-25-14-12-21-7-2-3-11-26(21)30-25/h2-12,14H,13,15-19H2,1H3/t29-/m1/s1. The van der Waals surface area contributed by atoms with Crippen molar-refractivity contribution in [3.8, 4) is 0 Å². The molecule has 6 rings (SSSR count). The van der Waals surface area contributed by atoms with Crippen molar-refractivity contribution in [2.24, 2.45) is 0 Å². The Labute approximate surface area is 178 Å². The van der Waals surface area contributed by atoms with Crippen molar-refractivity contribution in [2.75, 3.05) is 0 Å². The van der Waals surface area contributed by atoms with Crippen LogP contribution in [0.5, 0.6) is 0 Å². The summed E-state index contributed by atoms with van der Waals surface area (Å²) in [6.07, 6.45) is 7.04. The van der Waals surface area contributed by atoms with Crippen molar-refractivity contribution in [1.29, 1.82) is 0 Å². The summed E-state index contributed by atoms with van der Waals surface area (Å²) in [5, 5.41) is 1.22. The van der Waals surface area contributed by atoms with Crippen LogP contribution in [0.2, 0.25) is 0 Å². The third-order valence-electron chi connectivity index (χ3n) is 7.50. The van der Waals surface area contributed by atoms with Gasteiger partial charge in [-0.3, -0.25) is 4.98 Å². The normalized spacial score (nSPS) is 19.4. The number of fused-ring (bicyclic) bond motifs is 5. The van der Waals surface area contributed by atoms with E-state index in [0.29, 0.717) is 0 Å². The summed E-state index contributed by atoms with van der Waals surface area (Å²) in [4.78, 5) is 4.92. The molecule has 148 valence electrons. The molecule has 0 aliphatic heterocycles. The molecular formula is C29H27N. The van der Waals surface area contributed by atoms with Crippen LogP contribution in [0.25, 0.3) is 10.9 Å². The number of aromatic nitrogens is 1. The van der Waals surface area contributed by atoms with E-state index in [-0.39, 0.29) is 5.41 Å². The minimum Gasteiger partial charge on any atom is -0.253 e. The first kappa shape index (κ1) is 17.9. The van der Waals surface area contributed by atoms with E-state index < -0.39 is 0 Å². The minimum atomic E-state index is 0.240. The molecule has 1 aromatic heterocycles. The Morgan fingerprint density at radius 1 is 0.733 bits per heavy atom. The molecule has 0 fully saturated rings. The van der Waals surface area contributed by atoms with Gasteiger partial charge in [-0.05, 0) is 91.0 Å². The van der Waals surface area contributed by atoms with Gasteiger partial charge in [-0.2, -0.15) is 0 Å². The van der Waals surface area contributed by atoms with E-state index in [2.05, 4.69) is 79.7 Å². The zero-order chi connectivity index (χ0) is 20.1. The zero-order valence-corrected chi connectivity index (χ0v) is 17.6. The number of benzene rings is 3. The number of hydrogen-bond acceptors (Lipinski definition) is 1. The predicted molar refractivity (Wildman–Crippen MR) is 124 cm³/mol. The lowest BCUT2D eigenvalue weighted by Gasteiger charge is -2.30. The van der Waals surface area contributed by atoms with Crippen molar-refractivity contribution in [3.05, 3.63) is 112 Å². The first-order valence-electron chi connectivity index (χ1n) is 11.3. The van der Waals surface area contributed by atoms with Crippen molar-refractivity contribution < 1.29 is 0 Å². The molecule has 3 aromatic carbocycles. The highest BCUT2D eigenvalue weighted by Gasteiger charge is 2.46. The van der Waals surface area contributed by atoms with E-state index in [1.54, 1.807) is 22.3 Å². The van der Waals surface area contributed by atoms with Gasteiger partial charge in [0.15, 0.2) is 0 Å². The summed E-state index contributed by atoms with van der Waals surface area (Å²) >= 11 is 0. The van der Waals surface area contributed by atoms with Gasteiger partial charge < -0.3 is 0 Å². The Morgan fingerprint density at radius 3 is 2.37 bits per heavy atom. The lowest BCUT2D eigenvalue weighted by atomic mass is 9.73. The number of nitrogens with zero attached hydrogens (tertiary/aromatic N) is 1. The van der Waals surface area contributed by atoms with Crippen LogP contribution in [0, 0.1) is 6.92 Å². The van der Waals surface area contributed by atoms with Crippen LogP contribution in [0.15, 0.2) is 72.8 Å². The second-order valence-electron chi connectivity index (χ2n) is 9.14. The Morgan fingerprint density at radius 2 is 1.50 bits per heavy atom. The third kappa shape index (κ3) is 2.65. The van der Waals surface area contributed by atoms with Gasteiger partial charge in [0.1, 0.15) is 0 Å². The molecule has 0 saturated carbocycles. The molecule has 1 heterocycles. The monoisotopic (exact) mass is 389 g/mol. The molecule has 0 bridgehead atoms. The summed E-state index contributed by atoms with van der Waals surface area (Å²) in [7, 11) is 0. The molecule has 4 aromatic rings. The second kappa shape index (κ2) is 6.80. The van der Waals surface area contributed by atoms with Crippen LogP contribution < -0.4 is 0 Å². The van der Waals surface area contributed by atoms with Crippen molar-refractivity contribution in [3.63, 3.8) is 0 Å². The number of pyridine rings is 1. The van der Waals surface area contributed by atoms with Crippen LogP contribution in [0.4, 0.5) is 0 Å². The SMILES string of the molecule is Cc1cccc2c1[C@@]1(CC2)CCc2cccc(CCc3ccc4ccccc4n3)c21. The molecule has 0 saturated heterocycles. The largest absolute Gasteiger partial charge is 0.253 e. The molecule has 0 amide bonds. The Bertz CT molecular complexity index is 1260. The quantitative estimate of drug-likeness (QED) is 0.389. The van der Waals surface area contributed by atoms with E-state index in [1.165, 1.54) is 47.9 Å². The van der Waals surface area contributed by atoms with Crippen LogP contribution in [0.3, 0.4) is 0 Å². The smallest absolute Gasteiger partial charge is 0.0705 e. The van der Waals surface area contributed by atoms with Gasteiger partial charge in [0.2, 0.25) is 0 Å². The van der Waals surface area contributed by atoms with Gasteiger partial charge in [0.05, 0.1) is 5.52 Å². The fraction of sp³-hybridized carbons (Fsp3) is 0.276. The lowest BCUT2D eigenvalue weighted by Crippen LogP contribution is -2.24. The van der Waals surface area contributed by atoms with Gasteiger partial charge in [0, 0.05) is 16.5 Å². The maximum Gasteiger partial charge on any atom is 0.0705 e. The maximum absolute atomic E-state index is 4.92. The highest BCUT2D eigenvalue weighted by Crippen LogP contribution is 2.54. The molecule has 0 unspecified atom stereocenters. The van der Waals surface area contributed by atoms with Crippen molar-refractivity contribution >= 4 is 10.9 Å². The van der Waals surface area contributed by atoms with Crippen LogP contribution in [0.1, 0.15) is 51.9 Å². The molecule has 0 radical (unpaired) electrons. The number of aryl methyl sites for hydroxylation is 5. The van der Waals surface area contributed by atoms with Crippen molar-refractivity contribution in [2.45, 2.75) is 50.9 Å². The summed E-state index contributed by atoms with van der Waals surface area (Å²) in [6, 6.07) is 26.8. The highest BCUT2D eigenvalue weighted by atomic mass is 14.7. The van der Waals surface area contributed by atoms with E-state index in [1.807, 2.05) is 0 Å². The van der Waals surface area contributed by atoms with Crippen LogP contribution in [-0.2, 0) is 31.1 Å². The molecule has 1 nitrogen and oxygen atoms in total. The average Bonchev–Trinajstić information content (AvgIpc) is 3.35. The lowest BCUT2D eigenvalue weighted by molar-refractivity contribution is 0.501.